The average Bonchev–Trinajstić information content (AvgIpc) is 3.30. The summed E-state index contributed by atoms with van der Waals surface area (Å²) in [6.07, 6.45) is 0. The quantitative estimate of drug-likeness (QED) is 0.116. The van der Waals surface area contributed by atoms with Gasteiger partial charge in [0.15, 0.2) is 20.0 Å². The van der Waals surface area contributed by atoms with E-state index in [1.165, 1.54) is 21.9 Å². The zero-order chi connectivity index (χ0) is 39.8. The summed E-state index contributed by atoms with van der Waals surface area (Å²) in [6.45, 7) is 4.45. The fraction of sp³-hybridized carbons (Fsp3) is 0.158. The molecule has 0 fully saturated rings. The van der Waals surface area contributed by atoms with Gasteiger partial charge in [0, 0.05) is 16.8 Å². The maximum absolute atomic E-state index is 11.4. The van der Waals surface area contributed by atoms with Crippen molar-refractivity contribution in [3.8, 4) is 0 Å². The summed E-state index contributed by atoms with van der Waals surface area (Å²) < 4.78 is 126. The molecular formula is C38H30CuF6N2O6PS2. The van der Waals surface area contributed by atoms with E-state index in [9.17, 15) is 43.2 Å². The molecule has 56 heavy (non-hydrogen) atoms. The molecule has 0 bridgehead atoms. The van der Waals surface area contributed by atoms with Crippen molar-refractivity contribution in [1.29, 1.82) is 0 Å². The molecule has 0 saturated heterocycles. The predicted octanol–water partition coefficient (Wildman–Crippen LogP) is 11.8. The average molecular weight is 883 g/mol. The van der Waals surface area contributed by atoms with Gasteiger partial charge in [0.1, 0.15) is 11.2 Å². The number of fused-ring (bicyclic) bond motifs is 7. The van der Waals surface area contributed by atoms with Crippen molar-refractivity contribution < 1.29 is 68.6 Å². The van der Waals surface area contributed by atoms with E-state index in [0.29, 0.717) is 0 Å². The van der Waals surface area contributed by atoms with Crippen molar-refractivity contribution in [1.82, 2.24) is 0 Å². The van der Waals surface area contributed by atoms with Crippen LogP contribution in [0.2, 0.25) is 0 Å². The predicted molar refractivity (Wildman–Crippen MR) is 203 cm³/mol. The first-order valence-corrected chi connectivity index (χ1v) is 20.4. The van der Waals surface area contributed by atoms with Crippen LogP contribution in [0.1, 0.15) is 31.0 Å². The summed E-state index contributed by atoms with van der Waals surface area (Å²) in [5.41, 5.74) is -8.29. The van der Waals surface area contributed by atoms with Crippen LogP contribution < -0.4 is 4.67 Å². The second-order valence-corrected chi connectivity index (χ2v) is 17.1. The van der Waals surface area contributed by atoms with Gasteiger partial charge in [0.05, 0.1) is 6.04 Å². The minimum absolute atomic E-state index is 0. The first kappa shape index (κ1) is 42.8. The SMILES string of the molecule is CC(C)N(C(c1ccccc1)c1ccccc1)p1oc2ccc3ccccc3c2c2c(ccc3ccccc32)o1.O=S(=O)([N-]S(=O)(=O)C(F)(F)F)C(F)(F)F.[Cu+]. The summed E-state index contributed by atoms with van der Waals surface area (Å²) in [6, 6.07) is 47.1. The third kappa shape index (κ3) is 8.79. The van der Waals surface area contributed by atoms with E-state index >= 15 is 0 Å². The molecule has 0 aliphatic heterocycles. The number of nitrogens with zero attached hydrogens (tertiary/aromatic N) is 2. The van der Waals surface area contributed by atoms with Crippen molar-refractivity contribution in [2.24, 2.45) is 0 Å². The van der Waals surface area contributed by atoms with Crippen molar-refractivity contribution in [2.45, 2.75) is 36.9 Å². The van der Waals surface area contributed by atoms with Gasteiger partial charge in [0.25, 0.3) is 0 Å². The van der Waals surface area contributed by atoms with Crippen LogP contribution in [0.3, 0.4) is 0 Å². The topological polar surface area (TPSA) is 112 Å². The molecule has 6 aromatic carbocycles. The summed E-state index contributed by atoms with van der Waals surface area (Å²) in [5, 5.41) is 6.88. The summed E-state index contributed by atoms with van der Waals surface area (Å²) in [5.74, 6) is 0. The van der Waals surface area contributed by atoms with Crippen LogP contribution in [-0.4, -0.2) is 33.9 Å². The number of halogens is 6. The molecule has 7 aromatic rings. The fourth-order valence-electron chi connectivity index (χ4n) is 6.02. The largest absolute Gasteiger partial charge is 1.00 e. The van der Waals surface area contributed by atoms with Gasteiger partial charge in [-0.3, -0.25) is 0 Å². The Hall–Kier alpha value is -4.34. The Labute approximate surface area is 329 Å². The minimum atomic E-state index is -6.72. The summed E-state index contributed by atoms with van der Waals surface area (Å²) in [4.78, 5) is 0. The first-order chi connectivity index (χ1) is 25.9. The smallest absolute Gasteiger partial charge is 0.421 e. The zero-order valence-electron chi connectivity index (χ0n) is 29.0. The van der Waals surface area contributed by atoms with E-state index in [2.05, 4.69) is 152 Å². The molecule has 0 N–H and O–H groups in total. The fourth-order valence-corrected chi connectivity index (χ4v) is 9.42. The Morgan fingerprint density at radius 2 is 0.911 bits per heavy atom. The van der Waals surface area contributed by atoms with Crippen LogP contribution >= 0.6 is 8.16 Å². The Bertz CT molecular complexity index is 2570. The molecule has 0 unspecified atom stereocenters. The van der Waals surface area contributed by atoms with E-state index in [1.54, 1.807) is 0 Å². The minimum Gasteiger partial charge on any atom is -0.421 e. The van der Waals surface area contributed by atoms with E-state index in [-0.39, 0.29) is 29.2 Å². The Balaban J connectivity index is 0.000000322. The van der Waals surface area contributed by atoms with Crippen LogP contribution in [0.15, 0.2) is 142 Å². The van der Waals surface area contributed by atoms with Gasteiger partial charge in [-0.05, 0) is 58.7 Å². The Morgan fingerprint density at radius 1 is 0.554 bits per heavy atom. The number of alkyl halides is 6. The molecule has 0 amide bonds. The van der Waals surface area contributed by atoms with E-state index in [4.69, 9.17) is 8.39 Å². The van der Waals surface area contributed by atoms with E-state index in [0.717, 1.165) is 36.8 Å². The van der Waals surface area contributed by atoms with Gasteiger partial charge in [0.2, 0.25) is 0 Å². The van der Waals surface area contributed by atoms with Crippen LogP contribution in [-0.2, 0) is 37.1 Å². The third-order valence-electron chi connectivity index (χ3n) is 8.38. The molecule has 0 saturated carbocycles. The molecule has 298 valence electrons. The second-order valence-electron chi connectivity index (χ2n) is 12.4. The monoisotopic (exact) mass is 882 g/mol. The second kappa shape index (κ2) is 16.6. The summed E-state index contributed by atoms with van der Waals surface area (Å²) in [7, 11) is -15.0. The molecule has 0 radical (unpaired) electrons. The third-order valence-corrected chi connectivity index (χ3v) is 12.9. The van der Waals surface area contributed by atoms with Crippen LogP contribution in [0.25, 0.3) is 47.6 Å². The standard InChI is InChI=1S/C36H30NO2P.C2F6NO4S2.Cu/c1-25(2)37(36(28-15-5-3-6-16-28)29-17-7-4-8-18-29)40-38-32-23-21-26-13-9-11-19-30(26)34(32)35-31-20-12-10-14-27(31)22-24-33(35)39-40;3-1(4,5)14(10,11)9-15(12,13)2(6,7)8;/h3-25,36H,1-2H3;;/q;-1;+1. The molecule has 0 aliphatic carbocycles. The number of rotatable bonds is 7. The van der Waals surface area contributed by atoms with Gasteiger partial charge < -0.3 is 12.5 Å². The van der Waals surface area contributed by atoms with Crippen LogP contribution in [0.5, 0.6) is 0 Å². The molecule has 1 aromatic heterocycles. The molecule has 0 aliphatic rings. The van der Waals surface area contributed by atoms with Crippen molar-refractivity contribution in [2.75, 3.05) is 4.67 Å². The number of sulfonamides is 2. The zero-order valence-corrected chi connectivity index (χ0v) is 32.5. The first-order valence-electron chi connectivity index (χ1n) is 16.3. The van der Waals surface area contributed by atoms with Gasteiger partial charge in [-0.15, -0.1) is 0 Å². The molecular weight excluding hydrogens is 853 g/mol. The number of benzene rings is 6. The Morgan fingerprint density at radius 3 is 1.27 bits per heavy atom. The normalized spacial score (nSPS) is 12.6. The molecule has 0 spiro atoms. The molecule has 1 heterocycles. The van der Waals surface area contributed by atoms with Gasteiger partial charge in [-0.25, -0.2) is 16.8 Å². The van der Waals surface area contributed by atoms with Gasteiger partial charge in [-0.1, -0.05) is 121 Å². The van der Waals surface area contributed by atoms with Gasteiger partial charge in [-0.2, -0.15) is 31.0 Å². The maximum Gasteiger partial charge on any atom is 1.00 e. The molecule has 8 nitrogen and oxygen atoms in total. The Kier molecular flexibility index (Phi) is 12.7. The van der Waals surface area contributed by atoms with Crippen molar-refractivity contribution in [3.05, 3.63) is 149 Å². The van der Waals surface area contributed by atoms with Crippen molar-refractivity contribution in [3.63, 3.8) is 0 Å². The summed E-state index contributed by atoms with van der Waals surface area (Å²) >= 11 is 0. The molecule has 18 heteroatoms. The van der Waals surface area contributed by atoms with Crippen molar-refractivity contribution >= 4 is 71.7 Å². The number of hydrogen-bond donors (Lipinski definition) is 0. The maximum atomic E-state index is 11.4. The molecule has 7 rings (SSSR count). The van der Waals surface area contributed by atoms with Gasteiger partial charge >= 0.3 is 36.2 Å². The molecule has 0 atom stereocenters. The number of hydrogen-bond acceptors (Lipinski definition) is 7. The van der Waals surface area contributed by atoms with E-state index < -0.39 is 39.2 Å². The van der Waals surface area contributed by atoms with Crippen LogP contribution in [0.4, 0.5) is 26.3 Å². The van der Waals surface area contributed by atoms with Crippen LogP contribution in [0, 0.1) is 0 Å². The van der Waals surface area contributed by atoms with E-state index in [1.807, 2.05) is 0 Å².